The number of carbonyl (C=O) groups is 1. The van der Waals surface area contributed by atoms with Crippen LogP contribution in [0, 0.1) is 5.82 Å². The minimum atomic E-state index is -0.687. The lowest BCUT2D eigenvalue weighted by Crippen LogP contribution is -2.21. The normalized spacial score (nSPS) is 11.6. The predicted octanol–water partition coefficient (Wildman–Crippen LogP) is 2.42. The Hall–Kier alpha value is -3.02. The molecule has 0 heterocycles. The summed E-state index contributed by atoms with van der Waals surface area (Å²) in [6.07, 6.45) is 1.08. The fourth-order valence-electron chi connectivity index (χ4n) is 1.65. The number of carbonyl (C=O) groups excluding carboxylic acids is 1. The molecule has 0 spiro atoms. The minimum Gasteiger partial charge on any atom is -0.411 e. The van der Waals surface area contributed by atoms with Crippen molar-refractivity contribution in [2.75, 3.05) is 0 Å². The molecule has 1 amide bonds. The van der Waals surface area contributed by atoms with Crippen molar-refractivity contribution in [2.24, 2.45) is 10.3 Å². The van der Waals surface area contributed by atoms with Gasteiger partial charge < -0.3 is 5.21 Å². The van der Waals surface area contributed by atoms with E-state index in [9.17, 15) is 9.18 Å². The zero-order chi connectivity index (χ0) is 15.1. The summed E-state index contributed by atoms with van der Waals surface area (Å²) < 4.78 is 13.5. The Morgan fingerprint density at radius 2 is 1.76 bits per heavy atom. The molecule has 0 radical (unpaired) electrons. The molecule has 2 aromatic rings. The SMILES string of the molecule is O=C(N/N=C(\C=N\O)c1ccccc1)c1ccccc1F. The maximum atomic E-state index is 13.5. The second-order valence-corrected chi connectivity index (χ2v) is 4.03. The molecule has 0 bridgehead atoms. The molecule has 21 heavy (non-hydrogen) atoms. The van der Waals surface area contributed by atoms with Gasteiger partial charge in [0.15, 0.2) is 0 Å². The van der Waals surface area contributed by atoms with Crippen molar-refractivity contribution >= 4 is 17.8 Å². The van der Waals surface area contributed by atoms with E-state index in [4.69, 9.17) is 5.21 Å². The van der Waals surface area contributed by atoms with Gasteiger partial charge in [-0.05, 0) is 12.1 Å². The number of hydrogen-bond donors (Lipinski definition) is 2. The van der Waals surface area contributed by atoms with Gasteiger partial charge in [-0.2, -0.15) is 5.10 Å². The first-order valence-corrected chi connectivity index (χ1v) is 6.08. The number of oxime groups is 1. The number of hydrogen-bond acceptors (Lipinski definition) is 4. The van der Waals surface area contributed by atoms with Gasteiger partial charge in [0.25, 0.3) is 5.91 Å². The highest BCUT2D eigenvalue weighted by molar-refractivity contribution is 6.38. The number of nitrogens with zero attached hydrogens (tertiary/aromatic N) is 2. The van der Waals surface area contributed by atoms with Crippen LogP contribution >= 0.6 is 0 Å². The molecule has 2 rings (SSSR count). The van der Waals surface area contributed by atoms with Crippen molar-refractivity contribution in [3.05, 3.63) is 71.5 Å². The third-order valence-electron chi connectivity index (χ3n) is 2.65. The van der Waals surface area contributed by atoms with E-state index in [-0.39, 0.29) is 11.3 Å². The Morgan fingerprint density at radius 3 is 2.43 bits per heavy atom. The largest absolute Gasteiger partial charge is 0.411 e. The highest BCUT2D eigenvalue weighted by Crippen LogP contribution is 2.06. The molecular weight excluding hydrogens is 273 g/mol. The van der Waals surface area contributed by atoms with Gasteiger partial charge in [-0.15, -0.1) is 0 Å². The summed E-state index contributed by atoms with van der Waals surface area (Å²) in [5.74, 6) is -1.32. The average Bonchev–Trinajstić information content (AvgIpc) is 2.52. The lowest BCUT2D eigenvalue weighted by atomic mass is 10.1. The molecule has 0 fully saturated rings. The van der Waals surface area contributed by atoms with Crippen molar-refractivity contribution in [3.63, 3.8) is 0 Å². The smallest absolute Gasteiger partial charge is 0.274 e. The van der Waals surface area contributed by atoms with Gasteiger partial charge in [-0.1, -0.05) is 47.6 Å². The van der Waals surface area contributed by atoms with E-state index < -0.39 is 11.7 Å². The van der Waals surface area contributed by atoms with Crippen LogP contribution in [0.3, 0.4) is 0 Å². The van der Waals surface area contributed by atoms with Crippen LogP contribution in [0.15, 0.2) is 64.9 Å². The summed E-state index contributed by atoms with van der Waals surface area (Å²) in [5.41, 5.74) is 3.00. The van der Waals surface area contributed by atoms with Gasteiger partial charge in [-0.3, -0.25) is 4.79 Å². The van der Waals surface area contributed by atoms with Crippen molar-refractivity contribution in [2.45, 2.75) is 0 Å². The first kappa shape index (κ1) is 14.4. The van der Waals surface area contributed by atoms with Gasteiger partial charge in [-0.25, -0.2) is 9.82 Å². The Bertz CT molecular complexity index is 684. The first-order valence-electron chi connectivity index (χ1n) is 6.08. The lowest BCUT2D eigenvalue weighted by molar-refractivity contribution is 0.0951. The van der Waals surface area contributed by atoms with Crippen LogP contribution < -0.4 is 5.43 Å². The van der Waals surface area contributed by atoms with Gasteiger partial charge in [0.05, 0.1) is 11.8 Å². The number of amides is 1. The van der Waals surface area contributed by atoms with Crippen LogP contribution in [-0.2, 0) is 0 Å². The van der Waals surface area contributed by atoms with Crippen LogP contribution in [0.1, 0.15) is 15.9 Å². The molecule has 0 saturated carbocycles. The summed E-state index contributed by atoms with van der Waals surface area (Å²) >= 11 is 0. The van der Waals surface area contributed by atoms with Crippen LogP contribution in [0.2, 0.25) is 0 Å². The standard InChI is InChI=1S/C15H12FN3O2/c16-13-9-5-4-8-12(13)15(20)19-18-14(10-17-21)11-6-2-1-3-7-11/h1-10,21H,(H,19,20)/b17-10+,18-14+. The molecular formula is C15H12FN3O2. The molecule has 106 valence electrons. The molecule has 0 aliphatic heterocycles. The maximum absolute atomic E-state index is 13.5. The number of hydrazone groups is 1. The summed E-state index contributed by atoms with van der Waals surface area (Å²) in [5, 5.41) is 15.4. The highest BCUT2D eigenvalue weighted by atomic mass is 19.1. The van der Waals surface area contributed by atoms with Crippen molar-refractivity contribution in [3.8, 4) is 0 Å². The number of nitrogens with one attached hydrogen (secondary N) is 1. The Kier molecular flexibility index (Phi) is 4.76. The van der Waals surface area contributed by atoms with Gasteiger partial charge in [0.2, 0.25) is 0 Å². The molecule has 2 N–H and O–H groups in total. The fraction of sp³-hybridized carbons (Fsp3) is 0. The van der Waals surface area contributed by atoms with Gasteiger partial charge in [0, 0.05) is 5.56 Å². The van der Waals surface area contributed by atoms with Crippen LogP contribution in [0.25, 0.3) is 0 Å². The van der Waals surface area contributed by atoms with E-state index in [1.165, 1.54) is 18.2 Å². The van der Waals surface area contributed by atoms with Crippen LogP contribution in [0.5, 0.6) is 0 Å². The molecule has 0 aliphatic rings. The predicted molar refractivity (Wildman–Crippen MR) is 77.1 cm³/mol. The quantitative estimate of drug-likeness (QED) is 0.514. The zero-order valence-corrected chi connectivity index (χ0v) is 10.9. The number of benzene rings is 2. The average molecular weight is 285 g/mol. The highest BCUT2D eigenvalue weighted by Gasteiger charge is 2.10. The molecule has 6 heteroatoms. The Labute approximate surface area is 120 Å². The van der Waals surface area contributed by atoms with E-state index in [1.807, 2.05) is 6.07 Å². The molecule has 0 unspecified atom stereocenters. The summed E-state index contributed by atoms with van der Waals surface area (Å²) in [4.78, 5) is 11.8. The topological polar surface area (TPSA) is 74.0 Å². The Balaban J connectivity index is 2.21. The zero-order valence-electron chi connectivity index (χ0n) is 10.9. The second kappa shape index (κ2) is 6.95. The third kappa shape index (κ3) is 3.73. The molecule has 0 aliphatic carbocycles. The van der Waals surface area contributed by atoms with Crippen molar-refractivity contribution < 1.29 is 14.4 Å². The summed E-state index contributed by atoms with van der Waals surface area (Å²) in [6.45, 7) is 0. The van der Waals surface area contributed by atoms with Gasteiger partial charge in [0.1, 0.15) is 11.5 Å². The summed E-state index contributed by atoms with van der Waals surface area (Å²) in [6, 6.07) is 14.4. The maximum Gasteiger partial charge on any atom is 0.274 e. The lowest BCUT2D eigenvalue weighted by Gasteiger charge is -2.03. The van der Waals surface area contributed by atoms with Crippen molar-refractivity contribution in [1.29, 1.82) is 0 Å². The molecule has 0 atom stereocenters. The van der Waals surface area contributed by atoms with E-state index in [0.29, 0.717) is 5.56 Å². The van der Waals surface area contributed by atoms with Crippen LogP contribution in [0.4, 0.5) is 4.39 Å². The summed E-state index contributed by atoms with van der Waals surface area (Å²) in [7, 11) is 0. The first-order chi connectivity index (χ1) is 10.2. The van der Waals surface area contributed by atoms with E-state index in [1.54, 1.807) is 30.3 Å². The minimum absolute atomic E-state index is 0.116. The van der Waals surface area contributed by atoms with Gasteiger partial charge >= 0.3 is 0 Å². The fourth-order valence-corrected chi connectivity index (χ4v) is 1.65. The monoisotopic (exact) mass is 285 g/mol. The number of halogens is 1. The second-order valence-electron chi connectivity index (χ2n) is 4.03. The number of rotatable bonds is 4. The van der Waals surface area contributed by atoms with E-state index >= 15 is 0 Å². The molecule has 5 nitrogen and oxygen atoms in total. The molecule has 0 saturated heterocycles. The van der Waals surface area contributed by atoms with E-state index in [2.05, 4.69) is 15.7 Å². The van der Waals surface area contributed by atoms with E-state index in [0.717, 1.165) is 6.21 Å². The van der Waals surface area contributed by atoms with Crippen LogP contribution in [-0.4, -0.2) is 23.0 Å². The molecule has 0 aromatic heterocycles. The van der Waals surface area contributed by atoms with Crippen molar-refractivity contribution in [1.82, 2.24) is 5.43 Å². The Morgan fingerprint density at radius 1 is 1.10 bits per heavy atom. The molecule has 2 aromatic carbocycles. The third-order valence-corrected chi connectivity index (χ3v) is 2.65.